The van der Waals surface area contributed by atoms with Crippen LogP contribution < -0.4 is 4.74 Å². The van der Waals surface area contributed by atoms with Crippen LogP contribution in [0.4, 0.5) is 0 Å². The molecule has 0 bridgehead atoms. The zero-order valence-corrected chi connectivity index (χ0v) is 31.7. The third-order valence-electron chi connectivity index (χ3n) is 7.97. The molecule has 0 aliphatic rings. The lowest BCUT2D eigenvalue weighted by molar-refractivity contribution is -0.139. The van der Waals surface area contributed by atoms with Crippen LogP contribution in [-0.2, 0) is 35.0 Å². The summed E-state index contributed by atoms with van der Waals surface area (Å²) in [7, 11) is 1.62. The molecule has 7 heteroatoms. The molecule has 0 heterocycles. The maximum Gasteiger partial charge on any atom is 0.337 e. The predicted octanol–water partition coefficient (Wildman–Crippen LogP) is 9.31. The Morgan fingerprint density at radius 2 is 1.07 bits per heavy atom. The molecule has 0 saturated heterocycles. The Bertz CT molecular complexity index is 2300. The minimum atomic E-state index is -0.487. The van der Waals surface area contributed by atoms with Gasteiger partial charge in [0.05, 0.1) is 26.2 Å². The molecule has 0 spiro atoms. The number of rotatable bonds is 12. The van der Waals surface area contributed by atoms with E-state index in [4.69, 9.17) is 18.9 Å². The highest BCUT2D eigenvalue weighted by atomic mass is 16.5. The number of hydrogen-bond donors (Lipinski definition) is 0. The first-order chi connectivity index (χ1) is 26.4. The molecule has 0 N–H and O–H groups in total. The maximum absolute atomic E-state index is 12.2. The van der Waals surface area contributed by atoms with Crippen LogP contribution in [0, 0.1) is 30.6 Å². The lowest BCUT2D eigenvalue weighted by Gasteiger charge is -2.19. The fourth-order valence-electron chi connectivity index (χ4n) is 5.05. The summed E-state index contributed by atoms with van der Waals surface area (Å²) in [6.07, 6.45) is 6.41. The third-order valence-corrected chi connectivity index (χ3v) is 7.97. The number of carbonyl (C=O) groups is 3. The van der Waals surface area contributed by atoms with Gasteiger partial charge >= 0.3 is 17.9 Å². The van der Waals surface area contributed by atoms with Crippen molar-refractivity contribution in [2.24, 2.45) is 0 Å². The van der Waals surface area contributed by atoms with Gasteiger partial charge in [0.15, 0.2) is 0 Å². The van der Waals surface area contributed by atoms with Crippen molar-refractivity contribution >= 4 is 30.1 Å². The van der Waals surface area contributed by atoms with Crippen molar-refractivity contribution in [2.45, 2.75) is 34.1 Å². The smallest absolute Gasteiger partial charge is 0.337 e. The number of methoxy groups -OCH3 is 1. The zero-order chi connectivity index (χ0) is 39.9. The second-order valence-corrected chi connectivity index (χ2v) is 12.6. The van der Waals surface area contributed by atoms with Crippen molar-refractivity contribution in [1.82, 2.24) is 0 Å². The SMILES string of the molecule is C=C(C)C(=O)O/C=C/c1ccc(C#Cc2ccc(-c3c(C)cc(C#Cc4ccc(/C=C/OC(=O)C(=C)C)cc4)c(CCOC(=O)C(=C)C)c3OC)cc2)cc1. The molecule has 0 unspecified atom stereocenters. The van der Waals surface area contributed by atoms with Crippen molar-refractivity contribution in [2.75, 3.05) is 13.7 Å². The molecule has 0 fully saturated rings. The van der Waals surface area contributed by atoms with Crippen LogP contribution in [0.1, 0.15) is 65.3 Å². The van der Waals surface area contributed by atoms with E-state index in [1.165, 1.54) is 12.5 Å². The fourth-order valence-corrected chi connectivity index (χ4v) is 5.05. The number of benzene rings is 4. The Kier molecular flexibility index (Phi) is 14.5. The lowest BCUT2D eigenvalue weighted by atomic mass is 9.91. The standard InChI is InChI=1S/C48H42O7/c1-32(2)46(49)53-28-25-39-15-11-36(12-16-39)9-10-38-19-22-41(23-20-38)44-35(7)31-42(43(45(44)52-8)27-30-55-48(51)34(5)6)24-21-37-13-17-40(18-14-37)26-29-54-47(50)33(3)4/h11-20,22-23,25-26,28-29,31H,1,3,5,27,30H2,2,4,6-8H3/b28-25+,29-26+. The van der Waals surface area contributed by atoms with E-state index in [0.717, 1.165) is 55.6 Å². The molecule has 0 aromatic heterocycles. The molecule has 276 valence electrons. The van der Waals surface area contributed by atoms with Crippen LogP contribution in [0.25, 0.3) is 23.3 Å². The highest BCUT2D eigenvalue weighted by Crippen LogP contribution is 2.38. The third kappa shape index (κ3) is 12.0. The normalized spacial score (nSPS) is 10.4. The first kappa shape index (κ1) is 40.7. The summed E-state index contributed by atoms with van der Waals surface area (Å²) in [5.41, 5.74) is 9.45. The lowest BCUT2D eigenvalue weighted by Crippen LogP contribution is -2.10. The number of aryl methyl sites for hydroxylation is 1. The van der Waals surface area contributed by atoms with Crippen LogP contribution >= 0.6 is 0 Å². The largest absolute Gasteiger partial charge is 0.496 e. The molecular weight excluding hydrogens is 689 g/mol. The number of esters is 3. The van der Waals surface area contributed by atoms with E-state index in [-0.39, 0.29) is 6.61 Å². The van der Waals surface area contributed by atoms with Gasteiger partial charge in [0, 0.05) is 56.5 Å². The molecule has 0 saturated carbocycles. The monoisotopic (exact) mass is 730 g/mol. The molecule has 55 heavy (non-hydrogen) atoms. The number of carbonyl (C=O) groups excluding carboxylic acids is 3. The topological polar surface area (TPSA) is 88.1 Å². The molecule has 4 aromatic rings. The average molecular weight is 731 g/mol. The van der Waals surface area contributed by atoms with Crippen molar-refractivity contribution in [3.8, 4) is 40.6 Å². The van der Waals surface area contributed by atoms with Crippen LogP contribution in [0.3, 0.4) is 0 Å². The molecular formula is C48H42O7. The summed E-state index contributed by atoms with van der Waals surface area (Å²) in [4.78, 5) is 35.4. The van der Waals surface area contributed by atoms with Gasteiger partial charge in [0.1, 0.15) is 5.75 Å². The molecule has 0 radical (unpaired) electrons. The Morgan fingerprint density at radius 3 is 1.51 bits per heavy atom. The molecule has 7 nitrogen and oxygen atoms in total. The van der Waals surface area contributed by atoms with Gasteiger partial charge in [0.2, 0.25) is 0 Å². The number of hydrogen-bond acceptors (Lipinski definition) is 7. The summed E-state index contributed by atoms with van der Waals surface area (Å²) >= 11 is 0. The Hall–Kier alpha value is -7.09. The van der Waals surface area contributed by atoms with Crippen LogP contribution in [0.5, 0.6) is 5.75 Å². The first-order valence-electron chi connectivity index (χ1n) is 17.3. The first-order valence-corrected chi connectivity index (χ1v) is 17.3. The second-order valence-electron chi connectivity index (χ2n) is 12.6. The van der Waals surface area contributed by atoms with Gasteiger partial charge in [-0.2, -0.15) is 0 Å². The summed E-state index contributed by atoms with van der Waals surface area (Å²) < 4.78 is 21.6. The number of ether oxygens (including phenoxy) is 4. The van der Waals surface area contributed by atoms with E-state index in [2.05, 4.69) is 43.4 Å². The second kappa shape index (κ2) is 19.7. The van der Waals surface area contributed by atoms with Gasteiger partial charge in [-0.15, -0.1) is 0 Å². The van der Waals surface area contributed by atoms with Gasteiger partial charge in [-0.1, -0.05) is 79.8 Å². The molecule has 4 aromatic carbocycles. The Morgan fingerprint density at radius 1 is 0.636 bits per heavy atom. The minimum Gasteiger partial charge on any atom is -0.496 e. The summed E-state index contributed by atoms with van der Waals surface area (Å²) in [5, 5.41) is 0. The van der Waals surface area contributed by atoms with E-state index >= 15 is 0 Å². The Balaban J connectivity index is 1.59. The van der Waals surface area contributed by atoms with Crippen LogP contribution in [-0.4, -0.2) is 31.6 Å². The van der Waals surface area contributed by atoms with Crippen LogP contribution in [0.15, 0.2) is 128 Å². The van der Waals surface area contributed by atoms with Gasteiger partial charge in [-0.05, 0) is 105 Å². The van der Waals surface area contributed by atoms with E-state index < -0.39 is 17.9 Å². The Labute approximate surface area is 323 Å². The molecule has 0 aliphatic heterocycles. The quantitative estimate of drug-likeness (QED) is 0.0472. The van der Waals surface area contributed by atoms with E-state index in [0.29, 0.717) is 28.9 Å². The summed E-state index contributed by atoms with van der Waals surface area (Å²) in [6.45, 7) is 17.7. The fraction of sp³-hybridized carbons (Fsp3) is 0.146. The van der Waals surface area contributed by atoms with Gasteiger partial charge in [-0.25, -0.2) is 14.4 Å². The van der Waals surface area contributed by atoms with E-state index in [1.54, 1.807) is 40.0 Å². The van der Waals surface area contributed by atoms with Gasteiger partial charge < -0.3 is 18.9 Å². The molecule has 0 aliphatic carbocycles. The zero-order valence-electron chi connectivity index (χ0n) is 31.7. The van der Waals surface area contributed by atoms with Crippen molar-refractivity contribution in [3.63, 3.8) is 0 Å². The van der Waals surface area contributed by atoms with Crippen molar-refractivity contribution in [3.05, 3.63) is 172 Å². The van der Waals surface area contributed by atoms with Gasteiger partial charge in [0.25, 0.3) is 0 Å². The molecule has 0 atom stereocenters. The minimum absolute atomic E-state index is 0.116. The van der Waals surface area contributed by atoms with Gasteiger partial charge in [-0.3, -0.25) is 0 Å². The molecule has 4 rings (SSSR count). The predicted molar refractivity (Wildman–Crippen MR) is 217 cm³/mol. The summed E-state index contributed by atoms with van der Waals surface area (Å²) in [6, 6.07) is 25.0. The molecule has 0 amide bonds. The van der Waals surface area contributed by atoms with Crippen molar-refractivity contribution in [1.29, 1.82) is 0 Å². The highest BCUT2D eigenvalue weighted by Gasteiger charge is 2.19. The van der Waals surface area contributed by atoms with E-state index in [9.17, 15) is 14.4 Å². The van der Waals surface area contributed by atoms with Crippen LogP contribution in [0.2, 0.25) is 0 Å². The van der Waals surface area contributed by atoms with Crippen molar-refractivity contribution < 1.29 is 33.3 Å². The van der Waals surface area contributed by atoms with E-state index in [1.807, 2.05) is 85.8 Å². The summed E-state index contributed by atoms with van der Waals surface area (Å²) in [5.74, 6) is 12.2. The highest BCUT2D eigenvalue weighted by molar-refractivity contribution is 5.88. The maximum atomic E-state index is 12.2. The average Bonchev–Trinajstić information content (AvgIpc) is 3.17.